The van der Waals surface area contributed by atoms with Crippen molar-refractivity contribution in [1.82, 2.24) is 9.88 Å². The third-order valence-electron chi connectivity index (χ3n) is 7.66. The number of fused-ring (bicyclic) bond motifs is 1. The van der Waals surface area contributed by atoms with Crippen LogP contribution in [0.5, 0.6) is 5.75 Å². The van der Waals surface area contributed by atoms with Gasteiger partial charge in [-0.1, -0.05) is 25.8 Å². The topological polar surface area (TPSA) is 104 Å². The highest BCUT2D eigenvalue weighted by atomic mass is 32.2. The predicted octanol–water partition coefficient (Wildman–Crippen LogP) is 5.30. The third kappa shape index (κ3) is 7.83. The van der Waals surface area contributed by atoms with Crippen LogP contribution in [0.15, 0.2) is 47.4 Å². The van der Waals surface area contributed by atoms with Crippen molar-refractivity contribution in [2.75, 3.05) is 30.1 Å². The van der Waals surface area contributed by atoms with Crippen LogP contribution in [-0.4, -0.2) is 62.1 Å². The van der Waals surface area contributed by atoms with E-state index in [9.17, 15) is 31.5 Å². The summed E-state index contributed by atoms with van der Waals surface area (Å²) >= 11 is 0. The Labute approximate surface area is 250 Å². The molecule has 1 saturated carbocycles. The van der Waals surface area contributed by atoms with Crippen molar-refractivity contribution < 1.29 is 31.5 Å². The Hall–Kier alpha value is -3.69. The largest absolute Gasteiger partial charge is 0.506 e. The van der Waals surface area contributed by atoms with Crippen molar-refractivity contribution in [3.63, 3.8) is 0 Å². The van der Waals surface area contributed by atoms with Crippen LogP contribution >= 0.6 is 0 Å². The van der Waals surface area contributed by atoms with Crippen LogP contribution in [0, 0.1) is 17.8 Å². The summed E-state index contributed by atoms with van der Waals surface area (Å²) in [5, 5.41) is 18.0. The molecule has 0 aliphatic heterocycles. The van der Waals surface area contributed by atoms with E-state index in [-0.39, 0.29) is 28.9 Å². The molecular formula is C31H37F3N4O4S. The minimum atomic E-state index is -4.50. The Balaban J connectivity index is 1.69. The number of carbonyl (C=O) groups excluding carboxylic acids is 1. The van der Waals surface area contributed by atoms with E-state index >= 15 is 0 Å². The minimum absolute atomic E-state index is 0.0516. The Morgan fingerprint density at radius 1 is 1.12 bits per heavy atom. The first-order chi connectivity index (χ1) is 20.2. The second-order valence-corrected chi connectivity index (χ2v) is 13.3. The van der Waals surface area contributed by atoms with Gasteiger partial charge in [0.25, 0.3) is 0 Å². The van der Waals surface area contributed by atoms with Gasteiger partial charge in [0.05, 0.1) is 28.3 Å². The summed E-state index contributed by atoms with van der Waals surface area (Å²) < 4.78 is 66.0. The lowest BCUT2D eigenvalue weighted by molar-refractivity contribution is -0.140. The minimum Gasteiger partial charge on any atom is -0.506 e. The van der Waals surface area contributed by atoms with Gasteiger partial charge in [0.15, 0.2) is 9.84 Å². The number of rotatable bonds is 8. The molecule has 3 aromatic rings. The lowest BCUT2D eigenvalue weighted by atomic mass is 9.91. The molecule has 0 unspecified atom stereocenters. The van der Waals surface area contributed by atoms with Gasteiger partial charge in [-0.2, -0.15) is 13.2 Å². The number of aromatic hydroxyl groups is 1. The van der Waals surface area contributed by atoms with Crippen molar-refractivity contribution in [3.8, 4) is 17.6 Å². The number of halogens is 3. The van der Waals surface area contributed by atoms with Crippen molar-refractivity contribution in [2.24, 2.45) is 5.92 Å². The Bertz CT molecular complexity index is 1650. The maximum Gasteiger partial charge on any atom is 0.406 e. The Kier molecular flexibility index (Phi) is 9.66. The molecule has 0 spiro atoms. The summed E-state index contributed by atoms with van der Waals surface area (Å²) in [4.78, 5) is 14.1. The van der Waals surface area contributed by atoms with Gasteiger partial charge in [0, 0.05) is 41.4 Å². The zero-order valence-corrected chi connectivity index (χ0v) is 25.4. The number of sulfone groups is 1. The summed E-state index contributed by atoms with van der Waals surface area (Å²) in [6.07, 6.45) is 0.400. The monoisotopic (exact) mass is 618 g/mol. The molecule has 4 rings (SSSR count). The van der Waals surface area contributed by atoms with E-state index in [0.29, 0.717) is 16.9 Å². The summed E-state index contributed by atoms with van der Waals surface area (Å²) in [5.74, 6) is 4.32. The lowest BCUT2D eigenvalue weighted by Gasteiger charge is -2.29. The van der Waals surface area contributed by atoms with Gasteiger partial charge < -0.3 is 20.3 Å². The number of phenols is 1. The molecule has 0 bridgehead atoms. The van der Waals surface area contributed by atoms with Crippen LogP contribution in [0.1, 0.15) is 45.2 Å². The molecule has 12 heteroatoms. The quantitative estimate of drug-likeness (QED) is 0.297. The van der Waals surface area contributed by atoms with E-state index in [0.717, 1.165) is 48.3 Å². The van der Waals surface area contributed by atoms with Gasteiger partial charge in [0.2, 0.25) is 5.91 Å². The molecule has 1 aliphatic carbocycles. The van der Waals surface area contributed by atoms with E-state index in [1.807, 2.05) is 13.1 Å². The van der Waals surface area contributed by atoms with Crippen LogP contribution in [0.4, 0.5) is 24.5 Å². The third-order valence-corrected chi connectivity index (χ3v) is 8.77. The molecule has 232 valence electrons. The molecule has 8 nitrogen and oxygen atoms in total. The molecular weight excluding hydrogens is 581 g/mol. The van der Waals surface area contributed by atoms with Gasteiger partial charge in [-0.25, -0.2) is 8.42 Å². The highest BCUT2D eigenvalue weighted by molar-refractivity contribution is 7.90. The molecule has 0 atom stereocenters. The molecule has 0 saturated heterocycles. The maximum absolute atomic E-state index is 13.7. The highest BCUT2D eigenvalue weighted by Crippen LogP contribution is 2.33. The number of hydrogen-bond acceptors (Lipinski definition) is 6. The van der Waals surface area contributed by atoms with Crippen molar-refractivity contribution >= 4 is 38.0 Å². The van der Waals surface area contributed by atoms with Gasteiger partial charge >= 0.3 is 6.18 Å². The smallest absolute Gasteiger partial charge is 0.406 e. The summed E-state index contributed by atoms with van der Waals surface area (Å²) in [5.41, 5.74) is 1.31. The van der Waals surface area contributed by atoms with Crippen LogP contribution in [-0.2, 0) is 21.2 Å². The first-order valence-electron chi connectivity index (χ1n) is 14.1. The van der Waals surface area contributed by atoms with E-state index < -0.39 is 40.1 Å². The number of nitrogens with one attached hydrogen (secondary N) is 2. The SMILES string of the molecule is CN[C@H]1CC[C@H](Nc2cccc3c2cc(C#CCN(C(=O)C(C)C)c2ccc(S(C)(=O)=O)cc2O)n3CC(F)(F)F)CC1. The standard InChI is InChI=1S/C31H37F3N4O4S/c1-20(2)30(40)37(28-15-14-24(18-29(28)39)43(4,41)42)16-6-7-23-17-25-26(36-22-12-10-21(35-3)11-13-22)8-5-9-27(25)38(23)19-31(32,33)34/h5,8-9,14-15,17-18,20-22,35-36,39H,10-13,16,19H2,1-4H3/t21-,22-. The van der Waals surface area contributed by atoms with Crippen LogP contribution in [0.25, 0.3) is 10.9 Å². The molecule has 43 heavy (non-hydrogen) atoms. The number of carbonyl (C=O) groups is 1. The zero-order chi connectivity index (χ0) is 31.5. The second kappa shape index (κ2) is 12.9. The zero-order valence-electron chi connectivity index (χ0n) is 24.6. The average molecular weight is 619 g/mol. The number of phenolic OH excluding ortho intramolecular Hbond substituents is 1. The van der Waals surface area contributed by atoms with Gasteiger partial charge in [-0.3, -0.25) is 9.69 Å². The molecule has 3 N–H and O–H groups in total. The van der Waals surface area contributed by atoms with Gasteiger partial charge in [0.1, 0.15) is 12.3 Å². The van der Waals surface area contributed by atoms with E-state index in [4.69, 9.17) is 0 Å². The number of benzene rings is 2. The molecule has 1 aliphatic rings. The Morgan fingerprint density at radius 2 is 1.79 bits per heavy atom. The van der Waals surface area contributed by atoms with Crippen LogP contribution in [0.3, 0.4) is 0 Å². The summed E-state index contributed by atoms with van der Waals surface area (Å²) in [7, 11) is -1.66. The Morgan fingerprint density at radius 3 is 2.37 bits per heavy atom. The lowest BCUT2D eigenvalue weighted by Crippen LogP contribution is -2.34. The first-order valence-corrected chi connectivity index (χ1v) is 16.0. The van der Waals surface area contributed by atoms with Crippen molar-refractivity contribution in [3.05, 3.63) is 48.2 Å². The fourth-order valence-corrected chi connectivity index (χ4v) is 6.02. The molecule has 1 amide bonds. The molecule has 1 aromatic heterocycles. The van der Waals surface area contributed by atoms with E-state index in [1.54, 1.807) is 32.0 Å². The van der Waals surface area contributed by atoms with Crippen LogP contribution < -0.4 is 15.5 Å². The van der Waals surface area contributed by atoms with Crippen LogP contribution in [0.2, 0.25) is 0 Å². The fourth-order valence-electron chi connectivity index (χ4n) is 5.37. The second-order valence-electron chi connectivity index (χ2n) is 11.3. The fraction of sp³-hybridized carbons (Fsp3) is 0.452. The summed E-state index contributed by atoms with van der Waals surface area (Å²) in [6, 6.07) is 11.1. The molecule has 1 heterocycles. The van der Waals surface area contributed by atoms with Gasteiger partial charge in [-0.05, 0) is 69.0 Å². The molecule has 0 radical (unpaired) electrons. The predicted molar refractivity (Wildman–Crippen MR) is 162 cm³/mol. The summed E-state index contributed by atoms with van der Waals surface area (Å²) in [6.45, 7) is 1.84. The number of alkyl halides is 3. The number of nitrogens with zero attached hydrogens (tertiary/aromatic N) is 2. The number of amides is 1. The molecule has 2 aromatic carbocycles. The number of aromatic nitrogens is 1. The highest BCUT2D eigenvalue weighted by Gasteiger charge is 2.30. The van der Waals surface area contributed by atoms with Crippen molar-refractivity contribution in [2.45, 2.75) is 69.2 Å². The average Bonchev–Trinajstić information content (AvgIpc) is 3.27. The van der Waals surface area contributed by atoms with Crippen molar-refractivity contribution in [1.29, 1.82) is 0 Å². The van der Waals surface area contributed by atoms with E-state index in [1.165, 1.54) is 17.0 Å². The normalized spacial score (nSPS) is 17.5. The maximum atomic E-state index is 13.7. The number of hydrogen-bond donors (Lipinski definition) is 3. The first kappa shape index (κ1) is 32.2. The molecule has 1 fully saturated rings. The number of anilines is 2. The van der Waals surface area contributed by atoms with E-state index in [2.05, 4.69) is 22.5 Å². The van der Waals surface area contributed by atoms with Gasteiger partial charge in [-0.15, -0.1) is 0 Å².